The van der Waals surface area contributed by atoms with Gasteiger partial charge in [-0.05, 0) is 25.3 Å². The van der Waals surface area contributed by atoms with Crippen molar-refractivity contribution in [2.75, 3.05) is 6.54 Å². The van der Waals surface area contributed by atoms with Crippen LogP contribution in [-0.4, -0.2) is 12.1 Å². The molecule has 1 fully saturated rings. The summed E-state index contributed by atoms with van der Waals surface area (Å²) in [5.41, 5.74) is 11.3. The Hall–Kier alpha value is -0.0800. The predicted octanol–water partition coefficient (Wildman–Crippen LogP) is 0.0725. The Balaban J connectivity index is 2.25. The lowest BCUT2D eigenvalue weighted by Gasteiger charge is -2.05. The third-order valence-electron chi connectivity index (χ3n) is 2.12. The standard InChI is InChI=1S/C6H14N2/c1-5-4-6(5,8)2-3-7/h5H,2-4,7-8H2,1H3. The molecule has 0 radical (unpaired) electrons. The summed E-state index contributed by atoms with van der Waals surface area (Å²) in [4.78, 5) is 0. The highest BCUT2D eigenvalue weighted by molar-refractivity contribution is 5.05. The lowest BCUT2D eigenvalue weighted by atomic mass is 10.1. The zero-order chi connectivity index (χ0) is 6.20. The number of rotatable bonds is 2. The van der Waals surface area contributed by atoms with Gasteiger partial charge >= 0.3 is 0 Å². The number of hydrogen-bond donors (Lipinski definition) is 2. The highest BCUT2D eigenvalue weighted by Gasteiger charge is 2.46. The molecule has 48 valence electrons. The molecule has 0 aromatic carbocycles. The second-order valence-corrected chi connectivity index (χ2v) is 2.88. The Morgan fingerprint density at radius 3 is 2.38 bits per heavy atom. The van der Waals surface area contributed by atoms with Gasteiger partial charge in [-0.15, -0.1) is 0 Å². The fraction of sp³-hybridized carbons (Fsp3) is 1.00. The van der Waals surface area contributed by atoms with Gasteiger partial charge in [0.05, 0.1) is 0 Å². The van der Waals surface area contributed by atoms with Crippen molar-refractivity contribution in [1.82, 2.24) is 0 Å². The lowest BCUT2D eigenvalue weighted by Crippen LogP contribution is -2.27. The lowest BCUT2D eigenvalue weighted by molar-refractivity contribution is 0.573. The summed E-state index contributed by atoms with van der Waals surface area (Å²) in [5, 5.41) is 0. The van der Waals surface area contributed by atoms with Crippen molar-refractivity contribution in [1.29, 1.82) is 0 Å². The van der Waals surface area contributed by atoms with Crippen molar-refractivity contribution in [3.8, 4) is 0 Å². The van der Waals surface area contributed by atoms with Crippen molar-refractivity contribution in [2.24, 2.45) is 17.4 Å². The van der Waals surface area contributed by atoms with Crippen molar-refractivity contribution >= 4 is 0 Å². The van der Waals surface area contributed by atoms with Gasteiger partial charge in [0.15, 0.2) is 0 Å². The van der Waals surface area contributed by atoms with Crippen molar-refractivity contribution in [3.63, 3.8) is 0 Å². The summed E-state index contributed by atoms with van der Waals surface area (Å²) >= 11 is 0. The Kier molecular flexibility index (Phi) is 1.29. The van der Waals surface area contributed by atoms with Crippen LogP contribution in [0.2, 0.25) is 0 Å². The first-order valence-corrected chi connectivity index (χ1v) is 3.18. The van der Waals surface area contributed by atoms with Crippen LogP contribution in [0.15, 0.2) is 0 Å². The van der Waals surface area contributed by atoms with Crippen LogP contribution in [0.3, 0.4) is 0 Å². The van der Waals surface area contributed by atoms with E-state index < -0.39 is 0 Å². The first-order chi connectivity index (χ1) is 3.69. The zero-order valence-corrected chi connectivity index (χ0v) is 5.35. The van der Waals surface area contributed by atoms with Gasteiger partial charge in [0.2, 0.25) is 0 Å². The van der Waals surface area contributed by atoms with Crippen molar-refractivity contribution in [2.45, 2.75) is 25.3 Å². The van der Waals surface area contributed by atoms with Gasteiger partial charge in [0, 0.05) is 5.54 Å². The maximum absolute atomic E-state index is 5.82. The van der Waals surface area contributed by atoms with Gasteiger partial charge < -0.3 is 11.5 Å². The molecule has 0 saturated heterocycles. The van der Waals surface area contributed by atoms with Crippen LogP contribution in [0.1, 0.15) is 19.8 Å². The fourth-order valence-corrected chi connectivity index (χ4v) is 1.13. The van der Waals surface area contributed by atoms with Gasteiger partial charge in [-0.25, -0.2) is 0 Å². The molecule has 1 aliphatic rings. The molecular weight excluding hydrogens is 100 g/mol. The smallest absolute Gasteiger partial charge is 0.0196 e. The molecule has 2 nitrogen and oxygen atoms in total. The third-order valence-corrected chi connectivity index (χ3v) is 2.12. The summed E-state index contributed by atoms with van der Waals surface area (Å²) < 4.78 is 0. The summed E-state index contributed by atoms with van der Waals surface area (Å²) in [6.07, 6.45) is 2.17. The monoisotopic (exact) mass is 114 g/mol. The van der Waals surface area contributed by atoms with Crippen LogP contribution in [-0.2, 0) is 0 Å². The maximum atomic E-state index is 5.82. The van der Waals surface area contributed by atoms with Crippen LogP contribution < -0.4 is 11.5 Å². The molecule has 0 heterocycles. The van der Waals surface area contributed by atoms with Crippen LogP contribution in [0.25, 0.3) is 0 Å². The van der Waals surface area contributed by atoms with E-state index in [4.69, 9.17) is 11.5 Å². The second-order valence-electron chi connectivity index (χ2n) is 2.88. The minimum absolute atomic E-state index is 0.134. The molecule has 0 aliphatic heterocycles. The maximum Gasteiger partial charge on any atom is 0.0196 e. The van der Waals surface area contributed by atoms with E-state index in [0.717, 1.165) is 13.0 Å². The topological polar surface area (TPSA) is 52.0 Å². The Morgan fingerprint density at radius 1 is 1.75 bits per heavy atom. The Bertz CT molecular complexity index is 92.5. The van der Waals surface area contributed by atoms with Gasteiger partial charge in [-0.1, -0.05) is 6.92 Å². The van der Waals surface area contributed by atoms with Gasteiger partial charge in [-0.3, -0.25) is 0 Å². The number of nitrogens with two attached hydrogens (primary N) is 2. The normalized spacial score (nSPS) is 44.6. The van der Waals surface area contributed by atoms with E-state index >= 15 is 0 Å². The highest BCUT2D eigenvalue weighted by atomic mass is 14.9. The van der Waals surface area contributed by atoms with E-state index in [1.54, 1.807) is 0 Å². The van der Waals surface area contributed by atoms with E-state index in [1.165, 1.54) is 6.42 Å². The molecule has 0 amide bonds. The first kappa shape index (κ1) is 6.05. The molecule has 0 bridgehead atoms. The van der Waals surface area contributed by atoms with Crippen LogP contribution >= 0.6 is 0 Å². The molecule has 2 atom stereocenters. The fourth-order valence-electron chi connectivity index (χ4n) is 1.13. The summed E-state index contributed by atoms with van der Waals surface area (Å²) in [7, 11) is 0. The molecular formula is C6H14N2. The Morgan fingerprint density at radius 2 is 2.25 bits per heavy atom. The summed E-state index contributed by atoms with van der Waals surface area (Å²) in [6, 6.07) is 0. The summed E-state index contributed by atoms with van der Waals surface area (Å²) in [5.74, 6) is 0.714. The predicted molar refractivity (Wildman–Crippen MR) is 34.4 cm³/mol. The van der Waals surface area contributed by atoms with E-state index in [2.05, 4.69) is 6.92 Å². The van der Waals surface area contributed by atoms with Crippen LogP contribution in [0.5, 0.6) is 0 Å². The van der Waals surface area contributed by atoms with E-state index in [1.807, 2.05) is 0 Å². The SMILES string of the molecule is CC1CC1(N)CCN. The molecule has 0 spiro atoms. The van der Waals surface area contributed by atoms with Gasteiger partial charge in [0.1, 0.15) is 0 Å². The molecule has 1 aliphatic carbocycles. The van der Waals surface area contributed by atoms with Crippen molar-refractivity contribution in [3.05, 3.63) is 0 Å². The molecule has 8 heavy (non-hydrogen) atoms. The largest absolute Gasteiger partial charge is 0.330 e. The molecule has 2 heteroatoms. The second kappa shape index (κ2) is 1.71. The minimum Gasteiger partial charge on any atom is -0.330 e. The van der Waals surface area contributed by atoms with Crippen LogP contribution in [0.4, 0.5) is 0 Å². The zero-order valence-electron chi connectivity index (χ0n) is 5.35. The van der Waals surface area contributed by atoms with E-state index in [0.29, 0.717) is 5.92 Å². The van der Waals surface area contributed by atoms with Gasteiger partial charge in [0.25, 0.3) is 0 Å². The van der Waals surface area contributed by atoms with Crippen LogP contribution in [0, 0.1) is 5.92 Å². The average molecular weight is 114 g/mol. The molecule has 1 saturated carbocycles. The van der Waals surface area contributed by atoms with Crippen molar-refractivity contribution < 1.29 is 0 Å². The quantitative estimate of drug-likeness (QED) is 0.534. The number of hydrogen-bond acceptors (Lipinski definition) is 2. The Labute approximate surface area is 50.2 Å². The molecule has 2 unspecified atom stereocenters. The summed E-state index contributed by atoms with van der Waals surface area (Å²) in [6.45, 7) is 2.91. The van der Waals surface area contributed by atoms with Gasteiger partial charge in [-0.2, -0.15) is 0 Å². The highest BCUT2D eigenvalue weighted by Crippen LogP contribution is 2.42. The molecule has 4 N–H and O–H groups in total. The van der Waals surface area contributed by atoms with E-state index in [-0.39, 0.29) is 5.54 Å². The third kappa shape index (κ3) is 0.858. The molecule has 1 rings (SSSR count). The molecule has 0 aromatic rings. The average Bonchev–Trinajstić information content (AvgIpc) is 2.16. The molecule has 0 aromatic heterocycles. The van der Waals surface area contributed by atoms with E-state index in [9.17, 15) is 0 Å². The first-order valence-electron chi connectivity index (χ1n) is 3.18. The minimum atomic E-state index is 0.134.